The average Bonchev–Trinajstić information content (AvgIpc) is 0. The molecule has 0 aliphatic heterocycles. The van der Waals surface area contributed by atoms with Gasteiger partial charge in [0.1, 0.15) is 0 Å². The van der Waals surface area contributed by atoms with Crippen molar-refractivity contribution in [2.45, 2.75) is 0 Å². The summed E-state index contributed by atoms with van der Waals surface area (Å²) in [5.41, 5.74) is 0. The van der Waals surface area contributed by atoms with Crippen LogP contribution in [0.3, 0.4) is 0 Å². The van der Waals surface area contributed by atoms with Crippen LogP contribution >= 0.6 is 0 Å². The monoisotopic (exact) mass is 247 g/mol. The van der Waals surface area contributed by atoms with Crippen LogP contribution in [0.2, 0.25) is 0 Å². The standard InChI is InChI=1S/Ca.Mg.Y.Zr.4H. The third kappa shape index (κ3) is 9.38. The number of hydrogen-bond acceptors (Lipinski definition) is 0. The molecule has 0 amide bonds. The van der Waals surface area contributed by atoms with Gasteiger partial charge in [0.05, 0.1) is 0 Å². The van der Waals surface area contributed by atoms with E-state index in [1.54, 1.807) is 0 Å². The minimum atomic E-state index is 0. The van der Waals surface area contributed by atoms with Crippen molar-refractivity contribution in [1.29, 1.82) is 0 Å². The van der Waals surface area contributed by atoms with E-state index in [2.05, 4.69) is 0 Å². The molecule has 15 valence electrons. The van der Waals surface area contributed by atoms with Crippen molar-refractivity contribution >= 4 is 60.8 Å². The summed E-state index contributed by atoms with van der Waals surface area (Å²) in [6, 6.07) is 0. The molecular weight excluding hydrogens is 245 g/mol. The third-order valence-corrected chi connectivity index (χ3v) is 0. The van der Waals surface area contributed by atoms with Gasteiger partial charge in [-0.2, -0.15) is 0 Å². The second-order valence-corrected chi connectivity index (χ2v) is 0. The van der Waals surface area contributed by atoms with Crippen molar-refractivity contribution in [2.24, 2.45) is 0 Å². The van der Waals surface area contributed by atoms with Gasteiger partial charge in [-0.25, -0.2) is 0 Å². The molecule has 0 unspecified atom stereocenters. The molecule has 0 fully saturated rings. The van der Waals surface area contributed by atoms with Gasteiger partial charge in [-0.05, 0) is 0 Å². The maximum absolute atomic E-state index is 0. The summed E-state index contributed by atoms with van der Waals surface area (Å²) in [6.45, 7) is 0. The van der Waals surface area contributed by atoms with Crippen LogP contribution in [0, 0.1) is 0 Å². The van der Waals surface area contributed by atoms with Crippen LogP contribution in [-0.2, 0) is 58.9 Å². The minimum absolute atomic E-state index is 0. The Hall–Kier alpha value is 4.01. The zero-order valence-electron chi connectivity index (χ0n) is 1.08. The summed E-state index contributed by atoms with van der Waals surface area (Å²) in [7, 11) is 0. The normalized spacial score (nSPS) is 0. The van der Waals surface area contributed by atoms with Crippen molar-refractivity contribution in [2.75, 3.05) is 0 Å². The Morgan fingerprint density at radius 2 is 1.00 bits per heavy atom. The van der Waals surface area contributed by atoms with Gasteiger partial charge in [-0.3, -0.25) is 0 Å². The van der Waals surface area contributed by atoms with Crippen LogP contribution in [0.25, 0.3) is 0 Å². The summed E-state index contributed by atoms with van der Waals surface area (Å²) in [5.74, 6) is 0. The molecule has 1 radical (unpaired) electrons. The SMILES string of the molecule is [CaH2].[MgH2].[Y].[Zr]. The predicted octanol–water partition coefficient (Wildman–Crippen LogP) is -1.84. The first-order chi connectivity index (χ1) is 0. The van der Waals surface area contributed by atoms with Crippen LogP contribution in [0.1, 0.15) is 0 Å². The van der Waals surface area contributed by atoms with Gasteiger partial charge in [0.2, 0.25) is 0 Å². The van der Waals surface area contributed by atoms with Gasteiger partial charge in [0, 0.05) is 58.9 Å². The van der Waals surface area contributed by atoms with Crippen molar-refractivity contribution in [1.82, 2.24) is 0 Å². The first-order valence-corrected chi connectivity index (χ1v) is 0. The molecular formula is H4CaMgYZr. The molecule has 0 saturated heterocycles. The zero-order valence-corrected chi connectivity index (χ0v) is 6.37. The quantitative estimate of drug-likeness (QED) is 0.442. The Balaban J connectivity index is 0. The van der Waals surface area contributed by atoms with E-state index in [-0.39, 0.29) is 120 Å². The van der Waals surface area contributed by atoms with E-state index in [9.17, 15) is 0 Å². The fourth-order valence-electron chi connectivity index (χ4n) is 0. The van der Waals surface area contributed by atoms with Crippen molar-refractivity contribution in [3.05, 3.63) is 0 Å². The summed E-state index contributed by atoms with van der Waals surface area (Å²) < 4.78 is 0. The van der Waals surface area contributed by atoms with E-state index in [1.807, 2.05) is 0 Å². The van der Waals surface area contributed by atoms with E-state index in [0.29, 0.717) is 0 Å². The molecule has 4 heteroatoms. The van der Waals surface area contributed by atoms with Gasteiger partial charge in [0.15, 0.2) is 0 Å². The Bertz CT molecular complexity index is 8.00. The van der Waals surface area contributed by atoms with Gasteiger partial charge < -0.3 is 0 Å². The van der Waals surface area contributed by atoms with Crippen molar-refractivity contribution in [3.8, 4) is 0 Å². The van der Waals surface area contributed by atoms with E-state index in [4.69, 9.17) is 0 Å². The van der Waals surface area contributed by atoms with Gasteiger partial charge >= 0.3 is 60.8 Å². The molecule has 0 bridgehead atoms. The molecule has 0 N–H and O–H groups in total. The minimum Gasteiger partial charge on any atom is 0 e. The zero-order chi connectivity index (χ0) is 0. The Morgan fingerprint density at radius 1 is 1.00 bits per heavy atom. The smallest absolute Gasteiger partial charge is 0 e. The first-order valence-electron chi connectivity index (χ1n) is 0. The van der Waals surface area contributed by atoms with E-state index < -0.39 is 0 Å². The van der Waals surface area contributed by atoms with Crippen LogP contribution < -0.4 is 0 Å². The Labute approximate surface area is 116 Å². The van der Waals surface area contributed by atoms with Crippen molar-refractivity contribution in [3.63, 3.8) is 0 Å². The second kappa shape index (κ2) is 15.7. The molecule has 0 atom stereocenters. The van der Waals surface area contributed by atoms with E-state index >= 15 is 0 Å². The summed E-state index contributed by atoms with van der Waals surface area (Å²) in [5, 5.41) is 0. The van der Waals surface area contributed by atoms with Gasteiger partial charge in [-0.15, -0.1) is 0 Å². The van der Waals surface area contributed by atoms with Crippen LogP contribution in [0.15, 0.2) is 0 Å². The third-order valence-electron chi connectivity index (χ3n) is 0. The van der Waals surface area contributed by atoms with Crippen LogP contribution in [0.4, 0.5) is 0 Å². The molecule has 0 heterocycles. The molecule has 0 aromatic carbocycles. The second-order valence-electron chi connectivity index (χ2n) is 0. The Kier molecular flexibility index (Phi) is 96.3. The van der Waals surface area contributed by atoms with Gasteiger partial charge in [-0.1, -0.05) is 0 Å². The fourth-order valence-corrected chi connectivity index (χ4v) is 0. The molecule has 0 saturated carbocycles. The van der Waals surface area contributed by atoms with E-state index in [1.165, 1.54) is 0 Å². The van der Waals surface area contributed by atoms with Crippen LogP contribution in [-0.4, -0.2) is 60.8 Å². The topological polar surface area (TPSA) is 0 Å². The average molecular weight is 249 g/mol. The fraction of sp³-hybridized carbons (Fsp3) is 0. The molecule has 4 heavy (non-hydrogen) atoms. The summed E-state index contributed by atoms with van der Waals surface area (Å²) in [6.07, 6.45) is 0. The van der Waals surface area contributed by atoms with Crippen molar-refractivity contribution < 1.29 is 58.9 Å². The summed E-state index contributed by atoms with van der Waals surface area (Å²) in [4.78, 5) is 0. The maximum atomic E-state index is 0. The first kappa shape index (κ1) is 24.5. The Morgan fingerprint density at radius 3 is 1.00 bits per heavy atom. The largest absolute Gasteiger partial charge is 0.316 e. The molecule has 0 aliphatic rings. The molecule has 0 aromatic rings. The maximum Gasteiger partial charge on any atom is 0.316 e. The van der Waals surface area contributed by atoms with Gasteiger partial charge in [0.25, 0.3) is 0 Å². The van der Waals surface area contributed by atoms with E-state index in [0.717, 1.165) is 0 Å². The van der Waals surface area contributed by atoms with Crippen LogP contribution in [0.5, 0.6) is 0 Å². The molecule has 0 nitrogen and oxygen atoms in total. The molecule has 0 rings (SSSR count). The molecule has 0 aliphatic carbocycles. The predicted molar refractivity (Wildman–Crippen MR) is 17.1 cm³/mol. The molecule has 0 aromatic heterocycles. The summed E-state index contributed by atoms with van der Waals surface area (Å²) >= 11 is 0. The number of hydrogen-bond donors (Lipinski definition) is 0. The number of rotatable bonds is 0. The molecule has 0 spiro atoms.